The van der Waals surface area contributed by atoms with Crippen LogP contribution in [0.3, 0.4) is 0 Å². The predicted molar refractivity (Wildman–Crippen MR) is 91.3 cm³/mol. The Labute approximate surface area is 138 Å². The summed E-state index contributed by atoms with van der Waals surface area (Å²) in [4.78, 5) is 12.2. The molecule has 1 N–H and O–H groups in total. The molecule has 0 saturated heterocycles. The lowest BCUT2D eigenvalue weighted by atomic mass is 10.2. The maximum absolute atomic E-state index is 12.2. The molecule has 23 heavy (non-hydrogen) atoms. The molecule has 0 atom stereocenters. The van der Waals surface area contributed by atoms with Crippen LogP contribution in [0.25, 0.3) is 0 Å². The Kier molecular flexibility index (Phi) is 8.05. The fraction of sp³-hybridized carbons (Fsp3) is 0.562. The van der Waals surface area contributed by atoms with Crippen LogP contribution in [0.1, 0.15) is 36.5 Å². The van der Waals surface area contributed by atoms with Crippen molar-refractivity contribution in [2.45, 2.75) is 26.2 Å². The first-order valence-corrected chi connectivity index (χ1v) is 9.61. The van der Waals surface area contributed by atoms with E-state index in [1.165, 1.54) is 17.7 Å². The Morgan fingerprint density at radius 1 is 1.22 bits per heavy atom. The minimum Gasteiger partial charge on any atom is -0.496 e. The third kappa shape index (κ3) is 6.58. The number of hydrogen-bond donors (Lipinski definition) is 1. The molecule has 1 amide bonds. The van der Waals surface area contributed by atoms with E-state index in [2.05, 4.69) is 12.2 Å². The smallest absolute Gasteiger partial charge is 0.255 e. The molecule has 0 fully saturated rings. The number of unbranched alkanes of at least 4 members (excludes halogenated alkanes) is 2. The second-order valence-electron chi connectivity index (χ2n) is 5.33. The second-order valence-corrected chi connectivity index (χ2v) is 7.31. The molecule has 0 radical (unpaired) electrons. The normalized spacial score (nSPS) is 11.5. The highest BCUT2D eigenvalue weighted by Crippen LogP contribution is 2.16. The van der Waals surface area contributed by atoms with Gasteiger partial charge in [-0.2, -0.15) is 0 Å². The van der Waals surface area contributed by atoms with Crippen LogP contribution in [-0.4, -0.2) is 51.6 Å². The molecule has 0 spiro atoms. The molecule has 0 aliphatic heterocycles. The number of ether oxygens (including phenoxy) is 1. The molecule has 0 heterocycles. The van der Waals surface area contributed by atoms with Crippen LogP contribution in [0.5, 0.6) is 5.75 Å². The Balaban J connectivity index is 2.57. The highest BCUT2D eigenvalue weighted by molar-refractivity contribution is 7.88. The first-order chi connectivity index (χ1) is 10.9. The summed E-state index contributed by atoms with van der Waals surface area (Å²) in [6.07, 6.45) is 4.03. The zero-order chi connectivity index (χ0) is 17.3. The molecule has 0 aromatic heterocycles. The summed E-state index contributed by atoms with van der Waals surface area (Å²) in [7, 11) is -1.76. The van der Waals surface area contributed by atoms with Gasteiger partial charge >= 0.3 is 0 Å². The molecule has 130 valence electrons. The number of nitrogens with zero attached hydrogens (tertiary/aromatic N) is 1. The summed E-state index contributed by atoms with van der Waals surface area (Å²) < 4.78 is 30.1. The van der Waals surface area contributed by atoms with Gasteiger partial charge in [-0.1, -0.05) is 31.9 Å². The largest absolute Gasteiger partial charge is 0.496 e. The first-order valence-electron chi connectivity index (χ1n) is 7.76. The van der Waals surface area contributed by atoms with E-state index in [0.717, 1.165) is 19.3 Å². The molecule has 0 aliphatic carbocycles. The SMILES string of the molecule is CCCCCN(CCNC(=O)c1ccccc1OC)S(C)(=O)=O. The lowest BCUT2D eigenvalue weighted by Crippen LogP contribution is -2.38. The topological polar surface area (TPSA) is 75.7 Å². The van der Waals surface area contributed by atoms with E-state index in [-0.39, 0.29) is 19.0 Å². The molecule has 0 unspecified atom stereocenters. The third-order valence-electron chi connectivity index (χ3n) is 3.48. The summed E-state index contributed by atoms with van der Waals surface area (Å²) in [6, 6.07) is 6.92. The van der Waals surface area contributed by atoms with Crippen LogP contribution in [0.15, 0.2) is 24.3 Å². The minimum absolute atomic E-state index is 0.260. The molecular formula is C16H26N2O4S. The van der Waals surface area contributed by atoms with E-state index >= 15 is 0 Å². The summed E-state index contributed by atoms with van der Waals surface area (Å²) in [6.45, 7) is 3.08. The average molecular weight is 342 g/mol. The van der Waals surface area contributed by atoms with Gasteiger partial charge in [0.2, 0.25) is 10.0 Å². The zero-order valence-corrected chi connectivity index (χ0v) is 14.9. The van der Waals surface area contributed by atoms with Crippen molar-refractivity contribution in [2.75, 3.05) is 33.0 Å². The number of sulfonamides is 1. The quantitative estimate of drug-likeness (QED) is 0.659. The maximum Gasteiger partial charge on any atom is 0.255 e. The van der Waals surface area contributed by atoms with Gasteiger partial charge in [0, 0.05) is 19.6 Å². The second kappa shape index (κ2) is 9.52. The molecule has 6 nitrogen and oxygen atoms in total. The van der Waals surface area contributed by atoms with E-state index in [1.807, 2.05) is 0 Å². The van der Waals surface area contributed by atoms with Crippen molar-refractivity contribution in [3.05, 3.63) is 29.8 Å². The summed E-state index contributed by atoms with van der Waals surface area (Å²) >= 11 is 0. The Hall–Kier alpha value is -1.60. The molecule has 0 saturated carbocycles. The van der Waals surface area contributed by atoms with Crippen molar-refractivity contribution in [2.24, 2.45) is 0 Å². The molecule has 1 aromatic carbocycles. The number of nitrogens with one attached hydrogen (secondary N) is 1. The zero-order valence-electron chi connectivity index (χ0n) is 14.0. The van der Waals surface area contributed by atoms with Gasteiger partial charge in [0.05, 0.1) is 18.9 Å². The molecule has 0 aliphatic rings. The number of carbonyl (C=O) groups excluding carboxylic acids is 1. The highest BCUT2D eigenvalue weighted by Gasteiger charge is 2.17. The van der Waals surface area contributed by atoms with Crippen LogP contribution < -0.4 is 10.1 Å². The number of benzene rings is 1. The van der Waals surface area contributed by atoms with Gasteiger partial charge in [0.1, 0.15) is 5.75 Å². The fourth-order valence-corrected chi connectivity index (χ4v) is 3.09. The highest BCUT2D eigenvalue weighted by atomic mass is 32.2. The molecule has 0 bridgehead atoms. The number of methoxy groups -OCH3 is 1. The van der Waals surface area contributed by atoms with Crippen LogP contribution in [0.4, 0.5) is 0 Å². The molecule has 7 heteroatoms. The number of hydrogen-bond acceptors (Lipinski definition) is 4. The van der Waals surface area contributed by atoms with E-state index < -0.39 is 10.0 Å². The van der Waals surface area contributed by atoms with Gasteiger partial charge < -0.3 is 10.1 Å². The number of carbonyl (C=O) groups is 1. The van der Waals surface area contributed by atoms with Crippen molar-refractivity contribution >= 4 is 15.9 Å². The van der Waals surface area contributed by atoms with E-state index in [4.69, 9.17) is 4.74 Å². The first kappa shape index (κ1) is 19.4. The monoisotopic (exact) mass is 342 g/mol. The summed E-state index contributed by atoms with van der Waals surface area (Å²) in [5.41, 5.74) is 0.437. The van der Waals surface area contributed by atoms with E-state index in [1.54, 1.807) is 24.3 Å². The molecule has 1 aromatic rings. The standard InChI is InChI=1S/C16H26N2O4S/c1-4-5-8-12-18(23(3,20)21)13-11-17-16(19)14-9-6-7-10-15(14)22-2/h6-7,9-10H,4-5,8,11-13H2,1-3H3,(H,17,19). The van der Waals surface area contributed by atoms with Gasteiger partial charge in [-0.05, 0) is 18.6 Å². The van der Waals surface area contributed by atoms with Crippen molar-refractivity contribution < 1.29 is 17.9 Å². The van der Waals surface area contributed by atoms with E-state index in [9.17, 15) is 13.2 Å². The van der Waals surface area contributed by atoms with Crippen LogP contribution in [0, 0.1) is 0 Å². The number of rotatable bonds is 10. The van der Waals surface area contributed by atoms with Crippen molar-refractivity contribution in [3.63, 3.8) is 0 Å². The Morgan fingerprint density at radius 3 is 2.52 bits per heavy atom. The van der Waals surface area contributed by atoms with Gasteiger partial charge in [-0.3, -0.25) is 4.79 Å². The van der Waals surface area contributed by atoms with Gasteiger partial charge in [0.15, 0.2) is 0 Å². The molecular weight excluding hydrogens is 316 g/mol. The fourth-order valence-electron chi connectivity index (χ4n) is 2.20. The van der Waals surface area contributed by atoms with Crippen LogP contribution in [0.2, 0.25) is 0 Å². The average Bonchev–Trinajstić information content (AvgIpc) is 2.52. The van der Waals surface area contributed by atoms with Gasteiger partial charge in [-0.25, -0.2) is 12.7 Å². The van der Waals surface area contributed by atoms with Crippen molar-refractivity contribution in [1.82, 2.24) is 9.62 Å². The Morgan fingerprint density at radius 2 is 1.91 bits per heavy atom. The van der Waals surface area contributed by atoms with Gasteiger partial charge in [0.25, 0.3) is 5.91 Å². The summed E-state index contributed by atoms with van der Waals surface area (Å²) in [5, 5.41) is 2.74. The van der Waals surface area contributed by atoms with Crippen LogP contribution >= 0.6 is 0 Å². The maximum atomic E-state index is 12.2. The predicted octanol–water partition coefficient (Wildman–Crippen LogP) is 1.88. The van der Waals surface area contributed by atoms with Crippen molar-refractivity contribution in [3.8, 4) is 5.75 Å². The Bertz CT molecular complexity index is 602. The van der Waals surface area contributed by atoms with E-state index in [0.29, 0.717) is 17.9 Å². The van der Waals surface area contributed by atoms with Crippen LogP contribution in [-0.2, 0) is 10.0 Å². The number of amides is 1. The van der Waals surface area contributed by atoms with Gasteiger partial charge in [-0.15, -0.1) is 0 Å². The third-order valence-corrected chi connectivity index (χ3v) is 4.78. The lowest BCUT2D eigenvalue weighted by molar-refractivity contribution is 0.0948. The lowest BCUT2D eigenvalue weighted by Gasteiger charge is -2.20. The summed E-state index contributed by atoms with van der Waals surface area (Å²) in [5.74, 6) is 0.220. The molecule has 1 rings (SSSR count). The minimum atomic E-state index is -3.26. The van der Waals surface area contributed by atoms with Crippen molar-refractivity contribution in [1.29, 1.82) is 0 Å². The number of para-hydroxylation sites is 1.